The largest absolute Gasteiger partial charge is 0.487 e. The fourth-order valence-corrected chi connectivity index (χ4v) is 3.85. The van der Waals surface area contributed by atoms with E-state index in [0.717, 1.165) is 16.8 Å². The molecule has 0 saturated carbocycles. The van der Waals surface area contributed by atoms with Crippen molar-refractivity contribution in [3.8, 4) is 5.75 Å². The smallest absolute Gasteiger partial charge is 0.326 e. The Hall–Kier alpha value is -3.19. The lowest BCUT2D eigenvalue weighted by molar-refractivity contribution is -0.142. The van der Waals surface area contributed by atoms with E-state index in [4.69, 9.17) is 4.74 Å². The van der Waals surface area contributed by atoms with Crippen LogP contribution in [0.5, 0.6) is 5.75 Å². The number of aromatic nitrogens is 1. The van der Waals surface area contributed by atoms with Gasteiger partial charge in [-0.15, -0.1) is 11.3 Å². The minimum Gasteiger partial charge on any atom is -0.487 e. The number of nitrogens with zero attached hydrogens (tertiary/aromatic N) is 2. The van der Waals surface area contributed by atoms with Crippen LogP contribution in [0.1, 0.15) is 27.2 Å². The lowest BCUT2D eigenvalue weighted by Gasteiger charge is -2.34. The minimum atomic E-state index is -1.00. The summed E-state index contributed by atoms with van der Waals surface area (Å²) in [6, 6.07) is 13.6. The highest BCUT2D eigenvalue weighted by Gasteiger charge is 2.35. The predicted octanol–water partition coefficient (Wildman–Crippen LogP) is 3.37. The van der Waals surface area contributed by atoms with Crippen LogP contribution in [0, 0.1) is 0 Å². The van der Waals surface area contributed by atoms with Gasteiger partial charge in [-0.3, -0.25) is 4.79 Å². The van der Waals surface area contributed by atoms with E-state index in [1.54, 1.807) is 29.8 Å². The fraction of sp³-hybridized carbons (Fsp3) is 0.190. The van der Waals surface area contributed by atoms with Crippen molar-refractivity contribution < 1.29 is 19.4 Å². The first-order valence-corrected chi connectivity index (χ1v) is 9.76. The summed E-state index contributed by atoms with van der Waals surface area (Å²) in [6.45, 7) is 0.589. The van der Waals surface area contributed by atoms with Gasteiger partial charge in [0, 0.05) is 23.9 Å². The Morgan fingerprint density at radius 2 is 2.00 bits per heavy atom. The van der Waals surface area contributed by atoms with Gasteiger partial charge in [0.2, 0.25) is 0 Å². The van der Waals surface area contributed by atoms with Crippen LogP contribution in [0.4, 0.5) is 0 Å². The van der Waals surface area contributed by atoms with Crippen LogP contribution in [0.25, 0.3) is 0 Å². The number of aliphatic carboxylic acids is 1. The van der Waals surface area contributed by atoms with Crippen molar-refractivity contribution in [3.63, 3.8) is 0 Å². The molecule has 0 aliphatic carbocycles. The van der Waals surface area contributed by atoms with Gasteiger partial charge >= 0.3 is 5.97 Å². The van der Waals surface area contributed by atoms with Gasteiger partial charge in [0.15, 0.2) is 0 Å². The van der Waals surface area contributed by atoms with E-state index in [0.29, 0.717) is 24.3 Å². The monoisotopic (exact) mass is 394 g/mol. The topological polar surface area (TPSA) is 79.7 Å². The summed E-state index contributed by atoms with van der Waals surface area (Å²) in [5.41, 5.74) is 4.91. The first-order chi connectivity index (χ1) is 13.6. The van der Waals surface area contributed by atoms with E-state index >= 15 is 0 Å². The average molecular weight is 394 g/mol. The molecule has 0 bridgehead atoms. The van der Waals surface area contributed by atoms with Gasteiger partial charge in [-0.1, -0.05) is 30.3 Å². The number of carbonyl (C=O) groups excluding carboxylic acids is 1. The maximum absolute atomic E-state index is 13.1. The Morgan fingerprint density at radius 3 is 2.75 bits per heavy atom. The van der Waals surface area contributed by atoms with Crippen molar-refractivity contribution in [2.45, 2.75) is 25.6 Å². The standard InChI is InChI=1S/C21H18N2O4S/c24-20(15-6-3-7-18(8-15)27-11-17-12-28-13-22-17)23-10-16-5-2-1-4-14(16)9-19(23)21(25)26/h1-8,12-13,19H,9-11H2,(H,25,26)/t19-/m1/s1. The van der Waals surface area contributed by atoms with E-state index in [9.17, 15) is 14.7 Å². The number of amides is 1. The molecule has 1 aliphatic heterocycles. The molecule has 1 N–H and O–H groups in total. The number of rotatable bonds is 5. The third-order valence-electron chi connectivity index (χ3n) is 4.75. The maximum Gasteiger partial charge on any atom is 0.326 e. The summed E-state index contributed by atoms with van der Waals surface area (Å²) in [6.07, 6.45) is 0.303. The molecule has 2 heterocycles. The van der Waals surface area contributed by atoms with Crippen LogP contribution in [0.3, 0.4) is 0 Å². The van der Waals surface area contributed by atoms with Crippen molar-refractivity contribution in [1.82, 2.24) is 9.88 Å². The molecule has 4 rings (SSSR count). The molecule has 0 radical (unpaired) electrons. The summed E-state index contributed by atoms with van der Waals surface area (Å²) >= 11 is 1.49. The Morgan fingerprint density at radius 1 is 1.18 bits per heavy atom. The number of carboxylic acids is 1. The first-order valence-electron chi connectivity index (χ1n) is 8.82. The SMILES string of the molecule is O=C(O)[C@H]1Cc2ccccc2CN1C(=O)c1cccc(OCc2cscn2)c1. The quantitative estimate of drug-likeness (QED) is 0.718. The lowest BCUT2D eigenvalue weighted by Crippen LogP contribution is -2.48. The summed E-state index contributed by atoms with van der Waals surface area (Å²) in [4.78, 5) is 30.5. The van der Waals surface area contributed by atoms with Gasteiger partial charge in [-0.25, -0.2) is 9.78 Å². The lowest BCUT2D eigenvalue weighted by atomic mass is 9.93. The van der Waals surface area contributed by atoms with E-state index in [1.807, 2.05) is 29.6 Å². The Kier molecular flexibility index (Phi) is 5.08. The Bertz CT molecular complexity index is 1000. The van der Waals surface area contributed by atoms with Crippen LogP contribution < -0.4 is 4.74 Å². The number of hydrogen-bond donors (Lipinski definition) is 1. The summed E-state index contributed by atoms with van der Waals surface area (Å²) in [5.74, 6) is -0.775. The molecule has 0 saturated heterocycles. The third kappa shape index (κ3) is 3.75. The van der Waals surface area contributed by atoms with E-state index in [1.165, 1.54) is 16.2 Å². The van der Waals surface area contributed by atoms with Gasteiger partial charge in [0.1, 0.15) is 18.4 Å². The number of benzene rings is 2. The molecule has 7 heteroatoms. The molecule has 1 atom stereocenters. The van der Waals surface area contributed by atoms with Gasteiger partial charge in [0.25, 0.3) is 5.91 Å². The number of hydrogen-bond acceptors (Lipinski definition) is 5. The van der Waals surface area contributed by atoms with Gasteiger partial charge in [0.05, 0.1) is 11.2 Å². The molecular weight excluding hydrogens is 376 g/mol. The predicted molar refractivity (Wildman–Crippen MR) is 104 cm³/mol. The van der Waals surface area contributed by atoms with Gasteiger partial charge < -0.3 is 14.7 Å². The van der Waals surface area contributed by atoms with Crippen molar-refractivity contribution in [3.05, 3.63) is 81.8 Å². The zero-order valence-electron chi connectivity index (χ0n) is 14.9. The Balaban J connectivity index is 1.56. The number of carboxylic acid groups (broad SMARTS) is 1. The van der Waals surface area contributed by atoms with Gasteiger partial charge in [-0.2, -0.15) is 0 Å². The van der Waals surface area contributed by atoms with Crippen LogP contribution in [0.2, 0.25) is 0 Å². The zero-order valence-corrected chi connectivity index (χ0v) is 15.8. The number of thiazole rings is 1. The van der Waals surface area contributed by atoms with E-state index in [-0.39, 0.29) is 12.5 Å². The molecule has 1 amide bonds. The molecule has 0 spiro atoms. The third-order valence-corrected chi connectivity index (χ3v) is 5.38. The van der Waals surface area contributed by atoms with Crippen LogP contribution in [-0.2, 0) is 24.4 Å². The van der Waals surface area contributed by atoms with E-state index in [2.05, 4.69) is 4.98 Å². The summed E-state index contributed by atoms with van der Waals surface area (Å²) in [7, 11) is 0. The van der Waals surface area contributed by atoms with Crippen LogP contribution >= 0.6 is 11.3 Å². The minimum absolute atomic E-state index is 0.274. The molecule has 142 valence electrons. The van der Waals surface area contributed by atoms with Gasteiger partial charge in [-0.05, 0) is 29.3 Å². The normalized spacial score (nSPS) is 15.7. The highest BCUT2D eigenvalue weighted by Crippen LogP contribution is 2.26. The second kappa shape index (κ2) is 7.82. The zero-order chi connectivity index (χ0) is 19.5. The molecular formula is C21H18N2O4S. The number of fused-ring (bicyclic) bond motifs is 1. The second-order valence-electron chi connectivity index (χ2n) is 6.56. The molecule has 0 unspecified atom stereocenters. The van der Waals surface area contributed by atoms with Crippen molar-refractivity contribution in [2.24, 2.45) is 0 Å². The summed E-state index contributed by atoms with van der Waals surface area (Å²) in [5, 5.41) is 11.6. The second-order valence-corrected chi connectivity index (χ2v) is 7.27. The fourth-order valence-electron chi connectivity index (χ4n) is 3.31. The van der Waals surface area contributed by atoms with Crippen LogP contribution in [-0.4, -0.2) is 32.9 Å². The van der Waals surface area contributed by atoms with Crippen molar-refractivity contribution in [1.29, 1.82) is 0 Å². The highest BCUT2D eigenvalue weighted by atomic mass is 32.1. The molecule has 6 nitrogen and oxygen atoms in total. The summed E-state index contributed by atoms with van der Waals surface area (Å²) < 4.78 is 5.72. The molecule has 28 heavy (non-hydrogen) atoms. The highest BCUT2D eigenvalue weighted by molar-refractivity contribution is 7.07. The van der Waals surface area contributed by atoms with Crippen molar-refractivity contribution in [2.75, 3.05) is 0 Å². The molecule has 3 aromatic rings. The Labute approximate surface area is 166 Å². The molecule has 0 fully saturated rings. The number of carbonyl (C=O) groups is 2. The van der Waals surface area contributed by atoms with Crippen molar-refractivity contribution >= 4 is 23.2 Å². The first kappa shape index (κ1) is 18.2. The average Bonchev–Trinajstić information content (AvgIpc) is 3.24. The molecule has 2 aromatic carbocycles. The number of ether oxygens (including phenoxy) is 1. The van der Waals surface area contributed by atoms with E-state index < -0.39 is 12.0 Å². The van der Waals surface area contributed by atoms with Crippen LogP contribution in [0.15, 0.2) is 59.4 Å². The molecule has 1 aromatic heterocycles. The molecule has 1 aliphatic rings. The maximum atomic E-state index is 13.1.